The van der Waals surface area contributed by atoms with Gasteiger partial charge in [0.05, 0.1) is 12.2 Å². The highest BCUT2D eigenvalue weighted by Gasteiger charge is 2.38. The molecule has 0 saturated carbocycles. The maximum atomic E-state index is 12.6. The number of rotatable bonds is 6. The lowest BCUT2D eigenvalue weighted by molar-refractivity contribution is -0.130. The van der Waals surface area contributed by atoms with E-state index in [4.69, 9.17) is 0 Å². The van der Waals surface area contributed by atoms with Gasteiger partial charge in [-0.3, -0.25) is 10.1 Å². The molecule has 1 saturated heterocycles. The topological polar surface area (TPSA) is 32.3 Å². The number of nitrogens with one attached hydrogen (secondary N) is 1. The SMILES string of the molecule is CCCC1NC(CC(C)C)N(Cc2cscc2C)C1=O. The van der Waals surface area contributed by atoms with E-state index in [-0.39, 0.29) is 18.1 Å². The average molecular weight is 294 g/mol. The summed E-state index contributed by atoms with van der Waals surface area (Å²) in [4.78, 5) is 14.6. The quantitative estimate of drug-likeness (QED) is 0.870. The van der Waals surface area contributed by atoms with Gasteiger partial charge in [0.25, 0.3) is 0 Å². The van der Waals surface area contributed by atoms with Gasteiger partial charge in [0, 0.05) is 6.54 Å². The number of carbonyl (C=O) groups is 1. The summed E-state index contributed by atoms with van der Waals surface area (Å²) in [5, 5.41) is 7.86. The molecule has 0 aromatic carbocycles. The third-order valence-electron chi connectivity index (χ3n) is 3.93. The van der Waals surface area contributed by atoms with Crippen molar-refractivity contribution in [3.8, 4) is 0 Å². The fourth-order valence-corrected chi connectivity index (χ4v) is 3.65. The van der Waals surface area contributed by atoms with Crippen LogP contribution in [-0.4, -0.2) is 23.0 Å². The fraction of sp³-hybridized carbons (Fsp3) is 0.688. The van der Waals surface area contributed by atoms with E-state index >= 15 is 0 Å². The molecule has 1 N–H and O–H groups in total. The Morgan fingerprint density at radius 3 is 2.70 bits per heavy atom. The minimum atomic E-state index is 0.0164. The lowest BCUT2D eigenvalue weighted by Gasteiger charge is -2.25. The smallest absolute Gasteiger partial charge is 0.241 e. The normalized spacial score (nSPS) is 23.1. The standard InChI is InChI=1S/C16H26N2OS/c1-5-6-14-16(19)18(15(17-14)7-11(2)3)8-13-10-20-9-12(13)4/h9-11,14-15,17H,5-8H2,1-4H3. The number of nitrogens with zero attached hydrogens (tertiary/aromatic N) is 1. The first-order valence-electron chi connectivity index (χ1n) is 7.61. The van der Waals surface area contributed by atoms with Gasteiger partial charge in [-0.25, -0.2) is 0 Å². The summed E-state index contributed by atoms with van der Waals surface area (Å²) in [5.41, 5.74) is 2.58. The second-order valence-electron chi connectivity index (χ2n) is 6.20. The van der Waals surface area contributed by atoms with Crippen molar-refractivity contribution in [1.29, 1.82) is 0 Å². The summed E-state index contributed by atoms with van der Waals surface area (Å²) in [6.07, 6.45) is 3.20. The van der Waals surface area contributed by atoms with Gasteiger partial charge in [-0.05, 0) is 47.6 Å². The van der Waals surface area contributed by atoms with Gasteiger partial charge in [0.1, 0.15) is 0 Å². The Labute approximate surface area is 126 Å². The van der Waals surface area contributed by atoms with E-state index in [0.29, 0.717) is 5.92 Å². The summed E-state index contributed by atoms with van der Waals surface area (Å²) in [5.74, 6) is 0.870. The molecule has 0 bridgehead atoms. The number of aryl methyl sites for hydroxylation is 1. The van der Waals surface area contributed by atoms with E-state index in [0.717, 1.165) is 25.8 Å². The van der Waals surface area contributed by atoms with Gasteiger partial charge in [-0.1, -0.05) is 27.2 Å². The van der Waals surface area contributed by atoms with Crippen LogP contribution in [0.25, 0.3) is 0 Å². The summed E-state index contributed by atoms with van der Waals surface area (Å²) < 4.78 is 0. The van der Waals surface area contributed by atoms with Crippen LogP contribution in [0.4, 0.5) is 0 Å². The molecule has 1 aliphatic heterocycles. The van der Waals surface area contributed by atoms with Crippen molar-refractivity contribution >= 4 is 17.2 Å². The van der Waals surface area contributed by atoms with Crippen LogP contribution < -0.4 is 5.32 Å². The van der Waals surface area contributed by atoms with E-state index < -0.39 is 0 Å². The first-order chi connectivity index (χ1) is 9.52. The van der Waals surface area contributed by atoms with Gasteiger partial charge < -0.3 is 4.90 Å². The third kappa shape index (κ3) is 3.41. The highest BCUT2D eigenvalue weighted by atomic mass is 32.1. The molecular weight excluding hydrogens is 268 g/mol. The Balaban J connectivity index is 2.12. The maximum absolute atomic E-state index is 12.6. The molecule has 2 rings (SSSR count). The largest absolute Gasteiger partial charge is 0.321 e. The molecule has 1 amide bonds. The van der Waals surface area contributed by atoms with Crippen molar-refractivity contribution in [1.82, 2.24) is 10.2 Å². The number of thiophene rings is 1. The molecule has 2 unspecified atom stereocenters. The molecule has 0 radical (unpaired) electrons. The highest BCUT2D eigenvalue weighted by molar-refractivity contribution is 7.08. The Kier molecular flexibility index (Phi) is 5.22. The van der Waals surface area contributed by atoms with Crippen molar-refractivity contribution in [3.05, 3.63) is 21.9 Å². The van der Waals surface area contributed by atoms with Gasteiger partial charge in [-0.15, -0.1) is 0 Å². The molecule has 1 aromatic rings. The summed E-state index contributed by atoms with van der Waals surface area (Å²) in [6, 6.07) is 0.0164. The molecule has 3 nitrogen and oxygen atoms in total. The number of hydrogen-bond acceptors (Lipinski definition) is 3. The van der Waals surface area contributed by atoms with Crippen molar-refractivity contribution in [2.45, 2.75) is 65.7 Å². The second kappa shape index (κ2) is 6.72. The fourth-order valence-electron chi connectivity index (χ4n) is 2.80. The van der Waals surface area contributed by atoms with Gasteiger partial charge in [0.15, 0.2) is 0 Å². The molecule has 20 heavy (non-hydrogen) atoms. The van der Waals surface area contributed by atoms with E-state index in [9.17, 15) is 4.79 Å². The molecule has 112 valence electrons. The van der Waals surface area contributed by atoms with Crippen molar-refractivity contribution < 1.29 is 4.79 Å². The average Bonchev–Trinajstić information content (AvgIpc) is 2.89. The van der Waals surface area contributed by atoms with Crippen LogP contribution in [0.15, 0.2) is 10.8 Å². The molecule has 1 fully saturated rings. The lowest BCUT2D eigenvalue weighted by atomic mass is 10.1. The molecule has 2 atom stereocenters. The Morgan fingerprint density at radius 1 is 1.40 bits per heavy atom. The second-order valence-corrected chi connectivity index (χ2v) is 6.94. The zero-order valence-corrected chi connectivity index (χ0v) is 13.8. The molecule has 1 aliphatic rings. The van der Waals surface area contributed by atoms with Gasteiger partial charge in [0.2, 0.25) is 5.91 Å². The van der Waals surface area contributed by atoms with Crippen LogP contribution in [0.5, 0.6) is 0 Å². The van der Waals surface area contributed by atoms with Crippen molar-refractivity contribution in [3.63, 3.8) is 0 Å². The zero-order valence-electron chi connectivity index (χ0n) is 13.0. The first-order valence-corrected chi connectivity index (χ1v) is 8.55. The van der Waals surface area contributed by atoms with E-state index in [1.807, 2.05) is 0 Å². The molecule has 4 heteroatoms. The van der Waals surface area contributed by atoms with Crippen LogP contribution in [0, 0.1) is 12.8 Å². The van der Waals surface area contributed by atoms with Crippen LogP contribution in [-0.2, 0) is 11.3 Å². The van der Waals surface area contributed by atoms with E-state index in [2.05, 4.69) is 48.7 Å². The zero-order chi connectivity index (χ0) is 14.7. The predicted octanol–water partition coefficient (Wildman–Crippen LogP) is 3.53. The first kappa shape index (κ1) is 15.5. The molecular formula is C16H26N2OS. The van der Waals surface area contributed by atoms with Gasteiger partial charge in [-0.2, -0.15) is 11.3 Å². The summed E-state index contributed by atoms with van der Waals surface area (Å²) >= 11 is 1.72. The van der Waals surface area contributed by atoms with Crippen molar-refractivity contribution in [2.75, 3.05) is 0 Å². The third-order valence-corrected chi connectivity index (χ3v) is 4.84. The van der Waals surface area contributed by atoms with Crippen LogP contribution in [0.3, 0.4) is 0 Å². The Morgan fingerprint density at radius 2 is 2.15 bits per heavy atom. The summed E-state index contributed by atoms with van der Waals surface area (Å²) in [6.45, 7) is 9.44. The van der Waals surface area contributed by atoms with E-state index in [1.165, 1.54) is 11.1 Å². The minimum absolute atomic E-state index is 0.0164. The highest BCUT2D eigenvalue weighted by Crippen LogP contribution is 2.24. The lowest BCUT2D eigenvalue weighted by Crippen LogP contribution is -2.38. The van der Waals surface area contributed by atoms with E-state index in [1.54, 1.807) is 11.3 Å². The Hall–Kier alpha value is -0.870. The van der Waals surface area contributed by atoms with Gasteiger partial charge >= 0.3 is 0 Å². The van der Waals surface area contributed by atoms with Crippen molar-refractivity contribution in [2.24, 2.45) is 5.92 Å². The van der Waals surface area contributed by atoms with Crippen LogP contribution in [0.1, 0.15) is 51.2 Å². The molecule has 1 aromatic heterocycles. The Bertz CT molecular complexity index is 455. The predicted molar refractivity (Wildman–Crippen MR) is 84.7 cm³/mol. The monoisotopic (exact) mass is 294 g/mol. The van der Waals surface area contributed by atoms with Crippen LogP contribution in [0.2, 0.25) is 0 Å². The number of hydrogen-bond donors (Lipinski definition) is 1. The molecule has 0 spiro atoms. The number of amides is 1. The number of carbonyl (C=O) groups excluding carboxylic acids is 1. The maximum Gasteiger partial charge on any atom is 0.241 e. The van der Waals surface area contributed by atoms with Crippen LogP contribution >= 0.6 is 11.3 Å². The minimum Gasteiger partial charge on any atom is -0.321 e. The summed E-state index contributed by atoms with van der Waals surface area (Å²) in [7, 11) is 0. The molecule has 0 aliphatic carbocycles. The molecule has 2 heterocycles.